The van der Waals surface area contributed by atoms with Gasteiger partial charge in [-0.15, -0.1) is 0 Å². The second kappa shape index (κ2) is 8.47. The molecule has 1 saturated heterocycles. The molecular weight excluding hydrogens is 328 g/mol. The molecule has 1 amide bonds. The van der Waals surface area contributed by atoms with Crippen molar-refractivity contribution < 1.29 is 9.32 Å². The first kappa shape index (κ1) is 18.6. The molecule has 0 unspecified atom stereocenters. The standard InChI is InChI=1S/C20H28N4O2/c1-15(2)18-6-4-5-7-19(18)21-20(25)14-24-10-8-23(9-11-24)13-17-12-16(3)26-22-17/h4-7,12,15H,8-11,13-14H2,1-3H3,(H,21,25). The maximum atomic E-state index is 12.4. The fourth-order valence-electron chi connectivity index (χ4n) is 3.33. The van der Waals surface area contributed by atoms with Crippen LogP contribution in [0.5, 0.6) is 0 Å². The highest BCUT2D eigenvalue weighted by atomic mass is 16.5. The highest BCUT2D eigenvalue weighted by molar-refractivity contribution is 5.93. The van der Waals surface area contributed by atoms with E-state index in [9.17, 15) is 4.79 Å². The molecule has 0 saturated carbocycles. The molecule has 1 aromatic carbocycles. The average molecular weight is 356 g/mol. The lowest BCUT2D eigenvalue weighted by molar-refractivity contribution is -0.117. The summed E-state index contributed by atoms with van der Waals surface area (Å²) in [7, 11) is 0. The molecule has 1 fully saturated rings. The van der Waals surface area contributed by atoms with Crippen LogP contribution >= 0.6 is 0 Å². The summed E-state index contributed by atoms with van der Waals surface area (Å²) in [5.74, 6) is 1.28. The molecule has 26 heavy (non-hydrogen) atoms. The number of aromatic nitrogens is 1. The van der Waals surface area contributed by atoms with Crippen molar-refractivity contribution >= 4 is 11.6 Å². The van der Waals surface area contributed by atoms with Crippen LogP contribution in [-0.4, -0.2) is 53.6 Å². The number of amides is 1. The van der Waals surface area contributed by atoms with Gasteiger partial charge in [0.05, 0.1) is 12.2 Å². The van der Waals surface area contributed by atoms with Crippen molar-refractivity contribution in [2.24, 2.45) is 0 Å². The van der Waals surface area contributed by atoms with Crippen LogP contribution in [0.1, 0.15) is 36.8 Å². The maximum absolute atomic E-state index is 12.4. The van der Waals surface area contributed by atoms with Gasteiger partial charge in [0, 0.05) is 44.5 Å². The number of carbonyl (C=O) groups excluding carboxylic acids is 1. The van der Waals surface area contributed by atoms with E-state index in [2.05, 4.69) is 40.2 Å². The number of benzene rings is 1. The van der Waals surface area contributed by atoms with Crippen molar-refractivity contribution in [2.45, 2.75) is 33.2 Å². The minimum absolute atomic E-state index is 0.0543. The minimum atomic E-state index is 0.0543. The third-order valence-electron chi connectivity index (χ3n) is 4.75. The summed E-state index contributed by atoms with van der Waals surface area (Å²) in [5.41, 5.74) is 3.07. The SMILES string of the molecule is Cc1cc(CN2CCN(CC(=O)Nc3ccccc3C(C)C)CC2)no1. The molecule has 6 heteroatoms. The van der Waals surface area contributed by atoms with Gasteiger partial charge in [-0.25, -0.2) is 0 Å². The summed E-state index contributed by atoms with van der Waals surface area (Å²) < 4.78 is 5.12. The van der Waals surface area contributed by atoms with Gasteiger partial charge in [0.25, 0.3) is 0 Å². The molecule has 0 radical (unpaired) electrons. The molecule has 6 nitrogen and oxygen atoms in total. The fraction of sp³-hybridized carbons (Fsp3) is 0.500. The predicted octanol–water partition coefficient (Wildman–Crippen LogP) is 2.86. The third-order valence-corrected chi connectivity index (χ3v) is 4.75. The first-order valence-electron chi connectivity index (χ1n) is 9.27. The Kier molecular flexibility index (Phi) is 6.06. The first-order valence-corrected chi connectivity index (χ1v) is 9.27. The Hall–Kier alpha value is -2.18. The molecule has 0 spiro atoms. The normalized spacial score (nSPS) is 16.2. The van der Waals surface area contributed by atoms with Gasteiger partial charge in [0.2, 0.25) is 5.91 Å². The van der Waals surface area contributed by atoms with Gasteiger partial charge >= 0.3 is 0 Å². The summed E-state index contributed by atoms with van der Waals surface area (Å²) in [6.45, 7) is 11.1. The van der Waals surface area contributed by atoms with Crippen molar-refractivity contribution in [3.63, 3.8) is 0 Å². The van der Waals surface area contributed by atoms with Crippen molar-refractivity contribution in [1.82, 2.24) is 15.0 Å². The molecule has 3 rings (SSSR count). The van der Waals surface area contributed by atoms with Crippen LogP contribution < -0.4 is 5.32 Å². The van der Waals surface area contributed by atoms with Crippen molar-refractivity contribution in [2.75, 3.05) is 38.0 Å². The Balaban J connectivity index is 1.46. The number of hydrogen-bond acceptors (Lipinski definition) is 5. The lowest BCUT2D eigenvalue weighted by Crippen LogP contribution is -2.48. The van der Waals surface area contributed by atoms with Crippen LogP contribution in [0.4, 0.5) is 5.69 Å². The smallest absolute Gasteiger partial charge is 0.238 e. The first-order chi connectivity index (χ1) is 12.5. The van der Waals surface area contributed by atoms with E-state index in [1.165, 1.54) is 5.56 Å². The van der Waals surface area contributed by atoms with Gasteiger partial charge in [-0.2, -0.15) is 0 Å². The summed E-state index contributed by atoms with van der Waals surface area (Å²) in [6.07, 6.45) is 0. The van der Waals surface area contributed by atoms with Crippen molar-refractivity contribution in [1.29, 1.82) is 0 Å². The molecule has 140 valence electrons. The zero-order chi connectivity index (χ0) is 18.5. The number of nitrogens with one attached hydrogen (secondary N) is 1. The topological polar surface area (TPSA) is 61.6 Å². The average Bonchev–Trinajstić information content (AvgIpc) is 3.02. The van der Waals surface area contributed by atoms with Gasteiger partial charge in [0.15, 0.2) is 0 Å². The van der Waals surface area contributed by atoms with Crippen LogP contribution in [0.2, 0.25) is 0 Å². The zero-order valence-corrected chi connectivity index (χ0v) is 15.9. The lowest BCUT2D eigenvalue weighted by Gasteiger charge is -2.33. The number of anilines is 1. The van der Waals surface area contributed by atoms with Gasteiger partial charge < -0.3 is 9.84 Å². The highest BCUT2D eigenvalue weighted by Crippen LogP contribution is 2.23. The zero-order valence-electron chi connectivity index (χ0n) is 15.9. The summed E-state index contributed by atoms with van der Waals surface area (Å²) in [5, 5.41) is 7.13. The van der Waals surface area contributed by atoms with Gasteiger partial charge in [0.1, 0.15) is 5.76 Å². The van der Waals surface area contributed by atoms with Crippen molar-refractivity contribution in [3.8, 4) is 0 Å². The number of aryl methyl sites for hydroxylation is 1. The van der Waals surface area contributed by atoms with Crippen LogP contribution in [0.3, 0.4) is 0 Å². The molecule has 0 bridgehead atoms. The molecule has 0 aliphatic carbocycles. The monoisotopic (exact) mass is 356 g/mol. The Bertz CT molecular complexity index is 733. The minimum Gasteiger partial charge on any atom is -0.361 e. The molecule has 1 aliphatic rings. The predicted molar refractivity (Wildman–Crippen MR) is 102 cm³/mol. The van der Waals surface area contributed by atoms with E-state index >= 15 is 0 Å². The Morgan fingerprint density at radius 2 is 1.88 bits per heavy atom. The second-order valence-corrected chi connectivity index (χ2v) is 7.27. The summed E-state index contributed by atoms with van der Waals surface area (Å²) in [6, 6.07) is 10.0. The molecule has 1 N–H and O–H groups in total. The number of carbonyl (C=O) groups is 1. The summed E-state index contributed by atoms with van der Waals surface area (Å²) in [4.78, 5) is 17.0. The van der Waals surface area contributed by atoms with E-state index in [-0.39, 0.29) is 5.91 Å². The van der Waals surface area contributed by atoms with Gasteiger partial charge in [-0.1, -0.05) is 37.2 Å². The van der Waals surface area contributed by atoms with Crippen molar-refractivity contribution in [3.05, 3.63) is 47.3 Å². The van der Waals surface area contributed by atoms with E-state index in [0.29, 0.717) is 12.5 Å². The number of piperazine rings is 1. The molecular formula is C20H28N4O2. The van der Waals surface area contributed by atoms with Crippen LogP contribution in [0.25, 0.3) is 0 Å². The van der Waals surface area contributed by atoms with E-state index in [4.69, 9.17) is 4.52 Å². The maximum Gasteiger partial charge on any atom is 0.238 e. The number of nitrogens with zero attached hydrogens (tertiary/aromatic N) is 3. The van der Waals surface area contributed by atoms with E-state index in [1.807, 2.05) is 31.2 Å². The molecule has 1 aliphatic heterocycles. The third kappa shape index (κ3) is 4.93. The van der Waals surface area contributed by atoms with E-state index < -0.39 is 0 Å². The number of hydrogen-bond donors (Lipinski definition) is 1. The number of para-hydroxylation sites is 1. The molecule has 2 heterocycles. The fourth-order valence-corrected chi connectivity index (χ4v) is 3.33. The highest BCUT2D eigenvalue weighted by Gasteiger charge is 2.20. The number of rotatable bonds is 6. The largest absolute Gasteiger partial charge is 0.361 e. The molecule has 1 aromatic heterocycles. The van der Waals surface area contributed by atoms with Crippen LogP contribution in [0, 0.1) is 6.92 Å². The van der Waals surface area contributed by atoms with E-state index in [0.717, 1.165) is 49.9 Å². The summed E-state index contributed by atoms with van der Waals surface area (Å²) >= 11 is 0. The quantitative estimate of drug-likeness (QED) is 0.862. The second-order valence-electron chi connectivity index (χ2n) is 7.27. The Labute approximate surface area is 155 Å². The Morgan fingerprint density at radius 1 is 1.19 bits per heavy atom. The van der Waals surface area contributed by atoms with E-state index in [1.54, 1.807) is 0 Å². The Morgan fingerprint density at radius 3 is 2.54 bits per heavy atom. The van der Waals surface area contributed by atoms with Crippen LogP contribution in [0.15, 0.2) is 34.9 Å². The van der Waals surface area contributed by atoms with Gasteiger partial charge in [-0.3, -0.25) is 14.6 Å². The lowest BCUT2D eigenvalue weighted by atomic mass is 10.0. The molecule has 2 aromatic rings. The van der Waals surface area contributed by atoms with Gasteiger partial charge in [-0.05, 0) is 24.5 Å². The molecule has 0 atom stereocenters. The van der Waals surface area contributed by atoms with Crippen LogP contribution in [-0.2, 0) is 11.3 Å².